The van der Waals surface area contributed by atoms with Crippen LogP contribution in [0.5, 0.6) is 0 Å². The summed E-state index contributed by atoms with van der Waals surface area (Å²) in [5.41, 5.74) is 2.75. The van der Waals surface area contributed by atoms with Gasteiger partial charge in [0.25, 0.3) is 11.8 Å². The van der Waals surface area contributed by atoms with Crippen molar-refractivity contribution in [3.63, 3.8) is 0 Å². The molecule has 2 N–H and O–H groups in total. The van der Waals surface area contributed by atoms with Gasteiger partial charge in [0.05, 0.1) is 16.6 Å². The topological polar surface area (TPSA) is 62.0 Å². The summed E-state index contributed by atoms with van der Waals surface area (Å²) in [6.07, 6.45) is 0. The number of imide groups is 1. The summed E-state index contributed by atoms with van der Waals surface area (Å²) in [5.74, 6) is -0.668. The number of amides is 2. The van der Waals surface area contributed by atoms with Crippen molar-refractivity contribution in [1.29, 1.82) is 0 Å². The number of carbonyl (C=O) groups excluding carboxylic acids is 2. The molecule has 4 aromatic carbocycles. The van der Waals surface area contributed by atoms with Crippen LogP contribution in [0, 0.1) is 0 Å². The lowest BCUT2D eigenvalue weighted by molar-refractivity contribution is 0.0880. The standard InChI is InChI=1S/C22H11BrN2O2/c23-11-6-8-15-14(9-11)17-19-18(21(26)25-22(19)27)16-12-4-2-1-3-10(12)5-7-13(16)20(17)24-15/h1-9,24H,(H,25,26,27). The van der Waals surface area contributed by atoms with Crippen molar-refractivity contribution in [2.45, 2.75) is 0 Å². The number of carbonyl (C=O) groups is 2. The quantitative estimate of drug-likeness (QED) is 0.267. The minimum Gasteiger partial charge on any atom is -0.354 e. The normalized spacial score (nSPS) is 13.8. The largest absolute Gasteiger partial charge is 0.354 e. The van der Waals surface area contributed by atoms with E-state index >= 15 is 0 Å². The van der Waals surface area contributed by atoms with Crippen LogP contribution in [0.2, 0.25) is 0 Å². The first-order chi connectivity index (χ1) is 13.1. The van der Waals surface area contributed by atoms with E-state index in [1.165, 1.54) is 0 Å². The fourth-order valence-corrected chi connectivity index (χ4v) is 4.67. The van der Waals surface area contributed by atoms with E-state index in [0.29, 0.717) is 11.1 Å². The van der Waals surface area contributed by atoms with Gasteiger partial charge in [-0.3, -0.25) is 14.9 Å². The number of H-pyrrole nitrogens is 1. The van der Waals surface area contributed by atoms with Gasteiger partial charge in [0, 0.05) is 31.5 Å². The molecule has 0 bridgehead atoms. The Hall–Kier alpha value is -3.18. The summed E-state index contributed by atoms with van der Waals surface area (Å²) in [7, 11) is 0. The maximum Gasteiger partial charge on any atom is 0.259 e. The number of rotatable bonds is 0. The first-order valence-electron chi connectivity index (χ1n) is 8.57. The van der Waals surface area contributed by atoms with Crippen LogP contribution < -0.4 is 5.32 Å². The van der Waals surface area contributed by atoms with Crippen molar-refractivity contribution in [3.05, 3.63) is 70.2 Å². The number of aromatic nitrogens is 1. The number of benzene rings is 4. The van der Waals surface area contributed by atoms with E-state index in [1.807, 2.05) is 48.5 Å². The lowest BCUT2D eigenvalue weighted by Gasteiger charge is -2.09. The zero-order chi connectivity index (χ0) is 18.3. The van der Waals surface area contributed by atoms with Crippen molar-refractivity contribution >= 4 is 71.1 Å². The molecule has 1 aliphatic heterocycles. The van der Waals surface area contributed by atoms with Gasteiger partial charge >= 0.3 is 0 Å². The van der Waals surface area contributed by atoms with Gasteiger partial charge in [0.1, 0.15) is 0 Å². The Bertz CT molecular complexity index is 1500. The monoisotopic (exact) mass is 414 g/mol. The van der Waals surface area contributed by atoms with Crippen LogP contribution in [0.4, 0.5) is 0 Å². The Labute approximate surface area is 161 Å². The van der Waals surface area contributed by atoms with E-state index in [9.17, 15) is 9.59 Å². The molecule has 5 heteroatoms. The van der Waals surface area contributed by atoms with Gasteiger partial charge in [-0.1, -0.05) is 52.3 Å². The van der Waals surface area contributed by atoms with Crippen molar-refractivity contribution in [1.82, 2.24) is 10.3 Å². The van der Waals surface area contributed by atoms with Crippen LogP contribution >= 0.6 is 15.9 Å². The Balaban J connectivity index is 2.01. The summed E-state index contributed by atoms with van der Waals surface area (Å²) in [4.78, 5) is 29.0. The Kier molecular flexibility index (Phi) is 2.74. The molecule has 0 spiro atoms. The lowest BCUT2D eigenvalue weighted by atomic mass is 9.91. The predicted octanol–water partition coefficient (Wildman–Crippen LogP) is 5.27. The van der Waals surface area contributed by atoms with E-state index in [0.717, 1.165) is 47.8 Å². The van der Waals surface area contributed by atoms with Crippen molar-refractivity contribution in [2.24, 2.45) is 0 Å². The highest BCUT2D eigenvalue weighted by molar-refractivity contribution is 9.10. The van der Waals surface area contributed by atoms with Crippen LogP contribution in [0.25, 0.3) is 43.4 Å². The van der Waals surface area contributed by atoms with Gasteiger partial charge in [0.15, 0.2) is 0 Å². The van der Waals surface area contributed by atoms with Crippen molar-refractivity contribution < 1.29 is 9.59 Å². The second-order valence-electron chi connectivity index (χ2n) is 6.81. The second-order valence-corrected chi connectivity index (χ2v) is 7.72. The molecule has 0 saturated heterocycles. The van der Waals surface area contributed by atoms with E-state index in [2.05, 4.69) is 32.3 Å². The van der Waals surface area contributed by atoms with E-state index in [4.69, 9.17) is 0 Å². The molecule has 2 amide bonds. The molecule has 0 unspecified atom stereocenters. The number of fused-ring (bicyclic) bond motifs is 10. The maximum absolute atomic E-state index is 12.8. The molecule has 0 atom stereocenters. The highest BCUT2D eigenvalue weighted by atomic mass is 79.9. The molecule has 1 aromatic heterocycles. The number of halogens is 1. The molecule has 27 heavy (non-hydrogen) atoms. The second kappa shape index (κ2) is 4.96. The Morgan fingerprint density at radius 2 is 1.52 bits per heavy atom. The highest BCUT2D eigenvalue weighted by Gasteiger charge is 2.33. The molecule has 1 aliphatic rings. The van der Waals surface area contributed by atoms with Gasteiger partial charge in [-0.2, -0.15) is 0 Å². The molecule has 2 heterocycles. The lowest BCUT2D eigenvalue weighted by Crippen LogP contribution is -2.20. The highest BCUT2D eigenvalue weighted by Crippen LogP contribution is 2.42. The number of aromatic amines is 1. The van der Waals surface area contributed by atoms with Gasteiger partial charge in [-0.05, 0) is 29.0 Å². The third-order valence-corrected chi connectivity index (χ3v) is 5.88. The molecule has 0 fully saturated rings. The molecule has 128 valence electrons. The van der Waals surface area contributed by atoms with Crippen LogP contribution in [0.1, 0.15) is 20.7 Å². The van der Waals surface area contributed by atoms with Crippen LogP contribution in [-0.4, -0.2) is 16.8 Å². The van der Waals surface area contributed by atoms with Crippen molar-refractivity contribution in [2.75, 3.05) is 0 Å². The first-order valence-corrected chi connectivity index (χ1v) is 9.37. The zero-order valence-electron chi connectivity index (χ0n) is 13.9. The molecule has 0 radical (unpaired) electrons. The molecular weight excluding hydrogens is 404 g/mol. The van der Waals surface area contributed by atoms with Gasteiger partial charge in [-0.15, -0.1) is 0 Å². The first kappa shape index (κ1) is 14.9. The SMILES string of the molecule is O=C1NC(=O)c2c1c1c3ccccc3ccc1c1[nH]c3ccc(Br)cc3c21. The average Bonchev–Trinajstić information content (AvgIpc) is 3.18. The summed E-state index contributed by atoms with van der Waals surface area (Å²) < 4.78 is 0.924. The van der Waals surface area contributed by atoms with Gasteiger partial charge < -0.3 is 4.98 Å². The van der Waals surface area contributed by atoms with Gasteiger partial charge in [-0.25, -0.2) is 0 Å². The summed E-state index contributed by atoms with van der Waals surface area (Å²) in [6.45, 7) is 0. The Morgan fingerprint density at radius 3 is 2.37 bits per heavy atom. The van der Waals surface area contributed by atoms with Crippen LogP contribution in [0.3, 0.4) is 0 Å². The van der Waals surface area contributed by atoms with Crippen LogP contribution in [-0.2, 0) is 0 Å². The fraction of sp³-hybridized carbons (Fsp3) is 0. The fourth-order valence-electron chi connectivity index (χ4n) is 4.31. The number of hydrogen-bond donors (Lipinski definition) is 2. The molecule has 4 nitrogen and oxygen atoms in total. The van der Waals surface area contributed by atoms with Crippen molar-refractivity contribution in [3.8, 4) is 0 Å². The summed E-state index contributed by atoms with van der Waals surface area (Å²) in [5, 5.41) is 8.00. The molecule has 0 aliphatic carbocycles. The minimum atomic E-state index is -0.337. The third kappa shape index (κ3) is 1.82. The smallest absolute Gasteiger partial charge is 0.259 e. The van der Waals surface area contributed by atoms with Crippen LogP contribution in [0.15, 0.2) is 59.1 Å². The van der Waals surface area contributed by atoms with E-state index in [-0.39, 0.29) is 11.8 Å². The molecular formula is C22H11BrN2O2. The van der Waals surface area contributed by atoms with Gasteiger partial charge in [0.2, 0.25) is 0 Å². The number of nitrogens with one attached hydrogen (secondary N) is 2. The predicted molar refractivity (Wildman–Crippen MR) is 110 cm³/mol. The Morgan fingerprint density at radius 1 is 0.741 bits per heavy atom. The minimum absolute atomic E-state index is 0.331. The molecule has 6 rings (SSSR count). The molecule has 0 saturated carbocycles. The summed E-state index contributed by atoms with van der Waals surface area (Å²) in [6, 6.07) is 17.9. The molecule has 5 aromatic rings. The van der Waals surface area contributed by atoms with E-state index < -0.39 is 0 Å². The third-order valence-electron chi connectivity index (χ3n) is 5.39. The zero-order valence-corrected chi connectivity index (χ0v) is 15.5. The number of hydrogen-bond acceptors (Lipinski definition) is 2. The van der Waals surface area contributed by atoms with E-state index in [1.54, 1.807) is 0 Å². The maximum atomic E-state index is 12.8. The average molecular weight is 415 g/mol. The summed E-state index contributed by atoms with van der Waals surface area (Å²) >= 11 is 3.51.